The summed E-state index contributed by atoms with van der Waals surface area (Å²) >= 11 is 0. The summed E-state index contributed by atoms with van der Waals surface area (Å²) in [5, 5.41) is 11.8. The standard InChI is InChI=1S/C18H20N2O6S/c1-20(2)11-17(21)19-13-5-7-14(8-6-13)26-15-9-4-12(18(22)23)10-16(15)27(3,24)25/h4-10H,11H2,1-3H3,(H,19,21)(H,22,23). The van der Waals surface area contributed by atoms with E-state index < -0.39 is 15.8 Å². The molecule has 144 valence electrons. The number of hydrogen-bond donors (Lipinski definition) is 2. The molecule has 2 aromatic rings. The van der Waals surface area contributed by atoms with E-state index in [0.29, 0.717) is 11.4 Å². The molecule has 0 aliphatic rings. The van der Waals surface area contributed by atoms with Gasteiger partial charge in [0.1, 0.15) is 16.4 Å². The Morgan fingerprint density at radius 1 is 1.11 bits per heavy atom. The fourth-order valence-electron chi connectivity index (χ4n) is 2.24. The summed E-state index contributed by atoms with van der Waals surface area (Å²) in [6, 6.07) is 10.0. The largest absolute Gasteiger partial charge is 0.478 e. The summed E-state index contributed by atoms with van der Waals surface area (Å²) in [4.78, 5) is 24.3. The van der Waals surface area contributed by atoms with E-state index in [0.717, 1.165) is 12.3 Å². The number of benzene rings is 2. The molecule has 0 heterocycles. The molecule has 0 unspecified atom stereocenters. The number of aromatic carboxylic acids is 1. The molecule has 0 fully saturated rings. The van der Waals surface area contributed by atoms with Crippen LogP contribution in [0.1, 0.15) is 10.4 Å². The maximum absolute atomic E-state index is 12.0. The average molecular weight is 392 g/mol. The van der Waals surface area contributed by atoms with Gasteiger partial charge in [0.05, 0.1) is 12.1 Å². The van der Waals surface area contributed by atoms with Gasteiger partial charge in [-0.3, -0.25) is 4.79 Å². The van der Waals surface area contributed by atoms with Gasteiger partial charge in [0.15, 0.2) is 9.84 Å². The third-order valence-electron chi connectivity index (χ3n) is 3.42. The predicted octanol–water partition coefficient (Wildman–Crippen LogP) is 2.08. The number of carbonyl (C=O) groups excluding carboxylic acids is 1. The summed E-state index contributed by atoms with van der Waals surface area (Å²) in [5.41, 5.74) is 0.417. The van der Waals surface area contributed by atoms with Gasteiger partial charge in [-0.15, -0.1) is 0 Å². The lowest BCUT2D eigenvalue weighted by Gasteiger charge is -2.12. The van der Waals surface area contributed by atoms with Gasteiger partial charge < -0.3 is 20.1 Å². The van der Waals surface area contributed by atoms with Gasteiger partial charge in [-0.25, -0.2) is 13.2 Å². The van der Waals surface area contributed by atoms with Crippen LogP contribution in [0.5, 0.6) is 11.5 Å². The quantitative estimate of drug-likeness (QED) is 0.742. The van der Waals surface area contributed by atoms with E-state index in [1.165, 1.54) is 12.1 Å². The lowest BCUT2D eigenvalue weighted by Crippen LogP contribution is -2.26. The van der Waals surface area contributed by atoms with Crippen LogP contribution in [0, 0.1) is 0 Å². The molecule has 0 saturated carbocycles. The van der Waals surface area contributed by atoms with Gasteiger partial charge in [-0.05, 0) is 56.6 Å². The van der Waals surface area contributed by atoms with Crippen LogP contribution in [-0.2, 0) is 14.6 Å². The highest BCUT2D eigenvalue weighted by atomic mass is 32.2. The van der Waals surface area contributed by atoms with Gasteiger partial charge in [0.25, 0.3) is 0 Å². The van der Waals surface area contributed by atoms with Crippen molar-refractivity contribution < 1.29 is 27.9 Å². The van der Waals surface area contributed by atoms with Crippen LogP contribution in [0.25, 0.3) is 0 Å². The molecule has 27 heavy (non-hydrogen) atoms. The van der Waals surface area contributed by atoms with Crippen LogP contribution < -0.4 is 10.1 Å². The van der Waals surface area contributed by atoms with Crippen molar-refractivity contribution in [3.63, 3.8) is 0 Å². The molecule has 0 radical (unpaired) electrons. The minimum atomic E-state index is -3.70. The van der Waals surface area contributed by atoms with Crippen molar-refractivity contribution in [1.82, 2.24) is 4.90 Å². The van der Waals surface area contributed by atoms with Crippen LogP contribution in [0.4, 0.5) is 5.69 Å². The van der Waals surface area contributed by atoms with Crippen LogP contribution in [0.2, 0.25) is 0 Å². The monoisotopic (exact) mass is 392 g/mol. The number of ether oxygens (including phenoxy) is 1. The molecule has 2 N–H and O–H groups in total. The first-order valence-corrected chi connectivity index (χ1v) is 9.75. The smallest absolute Gasteiger partial charge is 0.335 e. The summed E-state index contributed by atoms with van der Waals surface area (Å²) in [6.45, 7) is 0.242. The summed E-state index contributed by atoms with van der Waals surface area (Å²) in [5.74, 6) is -1.04. The number of carboxylic acids is 1. The Kier molecular flexibility index (Phi) is 6.19. The normalized spacial score (nSPS) is 11.3. The third kappa shape index (κ3) is 5.80. The minimum Gasteiger partial charge on any atom is -0.478 e. The maximum atomic E-state index is 12.0. The van der Waals surface area contributed by atoms with Gasteiger partial charge in [0.2, 0.25) is 5.91 Å². The van der Waals surface area contributed by atoms with E-state index >= 15 is 0 Å². The predicted molar refractivity (Wildman–Crippen MR) is 100 cm³/mol. The number of anilines is 1. The highest BCUT2D eigenvalue weighted by molar-refractivity contribution is 7.90. The molecule has 0 atom stereocenters. The van der Waals surface area contributed by atoms with Crippen molar-refractivity contribution in [3.8, 4) is 11.5 Å². The molecular weight excluding hydrogens is 372 g/mol. The highest BCUT2D eigenvalue weighted by Gasteiger charge is 2.18. The SMILES string of the molecule is CN(C)CC(=O)Nc1ccc(Oc2ccc(C(=O)O)cc2S(C)(=O)=O)cc1. The minimum absolute atomic E-state index is 0.0203. The number of likely N-dealkylation sites (N-methyl/N-ethyl adjacent to an activating group) is 1. The van der Waals surface area contributed by atoms with Gasteiger partial charge in [-0.2, -0.15) is 0 Å². The van der Waals surface area contributed by atoms with Gasteiger partial charge in [0, 0.05) is 11.9 Å². The Balaban J connectivity index is 2.22. The molecular formula is C18H20N2O6S. The van der Waals surface area contributed by atoms with Crippen molar-refractivity contribution in [2.75, 3.05) is 32.2 Å². The molecule has 8 nitrogen and oxygen atoms in total. The van der Waals surface area contributed by atoms with E-state index in [1.807, 2.05) is 0 Å². The summed E-state index contributed by atoms with van der Waals surface area (Å²) in [6.07, 6.45) is 0.976. The van der Waals surface area contributed by atoms with Crippen molar-refractivity contribution in [2.45, 2.75) is 4.90 Å². The maximum Gasteiger partial charge on any atom is 0.335 e. The van der Waals surface area contributed by atoms with E-state index in [4.69, 9.17) is 9.84 Å². The molecule has 0 aliphatic heterocycles. The van der Waals surface area contributed by atoms with Gasteiger partial charge in [-0.1, -0.05) is 0 Å². The number of nitrogens with one attached hydrogen (secondary N) is 1. The number of amides is 1. The first-order valence-electron chi connectivity index (χ1n) is 7.86. The number of hydrogen-bond acceptors (Lipinski definition) is 6. The second-order valence-electron chi connectivity index (χ2n) is 6.15. The number of carbonyl (C=O) groups is 2. The number of nitrogens with zero attached hydrogens (tertiary/aromatic N) is 1. The molecule has 0 aliphatic carbocycles. The highest BCUT2D eigenvalue weighted by Crippen LogP contribution is 2.30. The molecule has 2 aromatic carbocycles. The van der Waals surface area contributed by atoms with Crippen molar-refractivity contribution in [2.24, 2.45) is 0 Å². The average Bonchev–Trinajstić information content (AvgIpc) is 2.55. The topological polar surface area (TPSA) is 113 Å². The zero-order valence-electron chi connectivity index (χ0n) is 15.1. The fraction of sp³-hybridized carbons (Fsp3) is 0.222. The van der Waals surface area contributed by atoms with Crippen molar-refractivity contribution in [1.29, 1.82) is 0 Å². The van der Waals surface area contributed by atoms with Crippen molar-refractivity contribution in [3.05, 3.63) is 48.0 Å². The Bertz CT molecular complexity index is 952. The Morgan fingerprint density at radius 2 is 1.74 bits per heavy atom. The van der Waals surface area contributed by atoms with E-state index in [9.17, 15) is 18.0 Å². The number of sulfone groups is 1. The summed E-state index contributed by atoms with van der Waals surface area (Å²) < 4.78 is 29.5. The first kappa shape index (κ1) is 20.4. The molecule has 1 amide bonds. The Hall–Kier alpha value is -2.91. The molecule has 0 aromatic heterocycles. The zero-order chi connectivity index (χ0) is 20.2. The second-order valence-corrected chi connectivity index (χ2v) is 8.14. The zero-order valence-corrected chi connectivity index (χ0v) is 15.9. The molecule has 0 saturated heterocycles. The molecule has 0 bridgehead atoms. The fourth-order valence-corrected chi connectivity index (χ4v) is 3.05. The molecule has 0 spiro atoms. The Labute approximate surface area is 157 Å². The third-order valence-corrected chi connectivity index (χ3v) is 4.53. The van der Waals surface area contributed by atoms with Crippen LogP contribution >= 0.6 is 0 Å². The number of carboxylic acid groups (broad SMARTS) is 1. The summed E-state index contributed by atoms with van der Waals surface area (Å²) in [7, 11) is -0.129. The van der Waals surface area contributed by atoms with Crippen LogP contribution in [-0.4, -0.2) is 57.2 Å². The molecule has 9 heteroatoms. The lowest BCUT2D eigenvalue weighted by molar-refractivity contribution is -0.116. The van der Waals surface area contributed by atoms with Crippen LogP contribution in [0.15, 0.2) is 47.4 Å². The van der Waals surface area contributed by atoms with Crippen LogP contribution in [0.3, 0.4) is 0 Å². The number of rotatable bonds is 7. The van der Waals surface area contributed by atoms with Gasteiger partial charge >= 0.3 is 5.97 Å². The first-order chi connectivity index (χ1) is 12.6. The van der Waals surface area contributed by atoms with E-state index in [-0.39, 0.29) is 28.7 Å². The van der Waals surface area contributed by atoms with E-state index in [1.54, 1.807) is 43.3 Å². The van der Waals surface area contributed by atoms with E-state index in [2.05, 4.69) is 5.32 Å². The second kappa shape index (κ2) is 8.19. The Morgan fingerprint density at radius 3 is 2.26 bits per heavy atom. The molecule has 2 rings (SSSR count). The van der Waals surface area contributed by atoms with Crippen molar-refractivity contribution >= 4 is 27.4 Å². The lowest BCUT2D eigenvalue weighted by atomic mass is 10.2.